The zero-order valence-electron chi connectivity index (χ0n) is 23.8. The summed E-state index contributed by atoms with van der Waals surface area (Å²) in [4.78, 5) is 48.5. The number of carbonyl (C=O) groups is 3. The standard InChI is InChI=1S/C31H43N3O4S/c1-8-15-32(20(5)6)30(38)27-31-21(7)17-24(39-31)25(26(31)29(37)34(27)23(18-35)19(3)4)28(36)33(16-9-2)22-13-11-10-12-14-22/h8-14,19-21,23-27,35H,1-2,15-18H2,3-7H3/t21?,23-,24+,25-,26-,27?,31?/m0/s1. The summed E-state index contributed by atoms with van der Waals surface area (Å²) in [5.41, 5.74) is 0.764. The molecule has 7 atom stereocenters. The number of benzene rings is 1. The van der Waals surface area contributed by atoms with E-state index < -0.39 is 28.7 Å². The van der Waals surface area contributed by atoms with Crippen LogP contribution in [0.25, 0.3) is 0 Å². The number of hydrogen-bond donors (Lipinski definition) is 1. The van der Waals surface area contributed by atoms with Crippen LogP contribution in [0.4, 0.5) is 5.69 Å². The summed E-state index contributed by atoms with van der Waals surface area (Å²) >= 11 is 1.66. The van der Waals surface area contributed by atoms with Gasteiger partial charge < -0.3 is 19.8 Å². The lowest BCUT2D eigenvalue weighted by Crippen LogP contribution is -2.60. The average Bonchev–Trinajstić information content (AvgIpc) is 3.49. The molecule has 3 unspecified atom stereocenters. The van der Waals surface area contributed by atoms with E-state index in [9.17, 15) is 19.5 Å². The normalized spacial score (nSPS) is 30.0. The lowest BCUT2D eigenvalue weighted by molar-refractivity contribution is -0.147. The van der Waals surface area contributed by atoms with E-state index in [1.807, 2.05) is 58.0 Å². The lowest BCUT2D eigenvalue weighted by Gasteiger charge is -2.43. The second-order valence-corrected chi connectivity index (χ2v) is 13.3. The van der Waals surface area contributed by atoms with E-state index in [4.69, 9.17) is 0 Å². The first-order valence-electron chi connectivity index (χ1n) is 14.1. The Labute approximate surface area is 237 Å². The van der Waals surface area contributed by atoms with Crippen LogP contribution >= 0.6 is 11.8 Å². The molecule has 1 N–H and O–H groups in total. The van der Waals surface area contributed by atoms with E-state index in [2.05, 4.69) is 20.1 Å². The number of anilines is 1. The molecule has 0 saturated carbocycles. The van der Waals surface area contributed by atoms with Crippen LogP contribution in [0.3, 0.4) is 0 Å². The molecule has 1 spiro atoms. The van der Waals surface area contributed by atoms with Gasteiger partial charge >= 0.3 is 0 Å². The Bertz CT molecular complexity index is 1110. The molecule has 2 bridgehead atoms. The van der Waals surface area contributed by atoms with Crippen molar-refractivity contribution in [2.75, 3.05) is 24.6 Å². The smallest absolute Gasteiger partial charge is 0.247 e. The first kappa shape index (κ1) is 29.4. The predicted octanol–water partition coefficient (Wildman–Crippen LogP) is 3.98. The average molecular weight is 554 g/mol. The Balaban J connectivity index is 1.85. The lowest BCUT2D eigenvalue weighted by atomic mass is 9.65. The Kier molecular flexibility index (Phi) is 8.67. The fourth-order valence-electron chi connectivity index (χ4n) is 7.09. The van der Waals surface area contributed by atoms with Crippen LogP contribution in [0.2, 0.25) is 0 Å². The molecule has 212 valence electrons. The van der Waals surface area contributed by atoms with Crippen molar-refractivity contribution in [2.45, 2.75) is 69.2 Å². The minimum absolute atomic E-state index is 0.0540. The number of carbonyl (C=O) groups excluding carboxylic acids is 3. The molecular formula is C31H43N3O4S. The molecule has 3 saturated heterocycles. The highest BCUT2D eigenvalue weighted by Crippen LogP contribution is 2.69. The highest BCUT2D eigenvalue weighted by molar-refractivity contribution is 8.02. The van der Waals surface area contributed by atoms with Gasteiger partial charge in [0.2, 0.25) is 17.7 Å². The number of para-hydroxylation sites is 1. The highest BCUT2D eigenvalue weighted by Gasteiger charge is 2.77. The van der Waals surface area contributed by atoms with Crippen LogP contribution in [0.15, 0.2) is 55.6 Å². The van der Waals surface area contributed by atoms with Crippen LogP contribution in [0, 0.1) is 23.7 Å². The van der Waals surface area contributed by atoms with Crippen molar-refractivity contribution in [1.29, 1.82) is 0 Å². The molecule has 3 amide bonds. The van der Waals surface area contributed by atoms with Crippen molar-refractivity contribution in [3.8, 4) is 0 Å². The molecule has 3 fully saturated rings. The van der Waals surface area contributed by atoms with Crippen molar-refractivity contribution in [3.63, 3.8) is 0 Å². The molecule has 1 aromatic rings. The summed E-state index contributed by atoms with van der Waals surface area (Å²) in [5.74, 6) is -1.62. The van der Waals surface area contributed by atoms with Crippen LogP contribution in [-0.4, -0.2) is 80.4 Å². The topological polar surface area (TPSA) is 81.2 Å². The number of nitrogens with zero attached hydrogens (tertiary/aromatic N) is 3. The maximum atomic E-state index is 14.5. The van der Waals surface area contributed by atoms with Crippen molar-refractivity contribution in [2.24, 2.45) is 23.7 Å². The van der Waals surface area contributed by atoms with Crippen molar-refractivity contribution in [3.05, 3.63) is 55.6 Å². The summed E-state index contributed by atoms with van der Waals surface area (Å²) < 4.78 is -0.744. The summed E-state index contributed by atoms with van der Waals surface area (Å²) in [6.45, 7) is 18.2. The number of likely N-dealkylation sites (tertiary alicyclic amines) is 1. The van der Waals surface area contributed by atoms with E-state index in [-0.39, 0.29) is 47.5 Å². The molecule has 4 rings (SSSR count). The number of aliphatic hydroxyl groups is 1. The van der Waals surface area contributed by atoms with Gasteiger partial charge in [-0.15, -0.1) is 24.9 Å². The van der Waals surface area contributed by atoms with Crippen molar-refractivity contribution in [1.82, 2.24) is 9.80 Å². The molecular weight excluding hydrogens is 510 g/mol. The van der Waals surface area contributed by atoms with E-state index in [1.54, 1.807) is 38.6 Å². The largest absolute Gasteiger partial charge is 0.394 e. The number of aliphatic hydroxyl groups excluding tert-OH is 1. The van der Waals surface area contributed by atoms with Crippen molar-refractivity contribution < 1.29 is 19.5 Å². The van der Waals surface area contributed by atoms with E-state index >= 15 is 0 Å². The maximum absolute atomic E-state index is 14.5. The number of hydrogen-bond acceptors (Lipinski definition) is 5. The van der Waals surface area contributed by atoms with Gasteiger partial charge in [-0.1, -0.05) is 51.1 Å². The van der Waals surface area contributed by atoms with Gasteiger partial charge in [0.15, 0.2) is 0 Å². The van der Waals surface area contributed by atoms with Gasteiger partial charge in [0.05, 0.1) is 29.2 Å². The number of fused-ring (bicyclic) bond motifs is 1. The maximum Gasteiger partial charge on any atom is 0.247 e. The number of thioether (sulfide) groups is 1. The minimum atomic E-state index is -0.760. The van der Waals surface area contributed by atoms with Gasteiger partial charge in [-0.2, -0.15) is 0 Å². The monoisotopic (exact) mass is 553 g/mol. The Morgan fingerprint density at radius 1 is 1.13 bits per heavy atom. The molecule has 0 aliphatic carbocycles. The Morgan fingerprint density at radius 3 is 2.31 bits per heavy atom. The van der Waals surface area contributed by atoms with Crippen LogP contribution < -0.4 is 4.90 Å². The Morgan fingerprint density at radius 2 is 1.77 bits per heavy atom. The molecule has 3 aliphatic heterocycles. The third kappa shape index (κ3) is 4.63. The number of rotatable bonds is 11. The third-order valence-electron chi connectivity index (χ3n) is 8.89. The molecule has 0 radical (unpaired) electrons. The van der Waals surface area contributed by atoms with E-state index in [0.717, 1.165) is 12.1 Å². The van der Waals surface area contributed by atoms with Gasteiger partial charge in [-0.3, -0.25) is 14.4 Å². The highest BCUT2D eigenvalue weighted by atomic mass is 32.2. The molecule has 3 heterocycles. The molecule has 8 heteroatoms. The fourth-order valence-corrected chi connectivity index (χ4v) is 9.48. The molecule has 0 aromatic heterocycles. The molecule has 3 aliphatic rings. The van der Waals surface area contributed by atoms with E-state index in [1.165, 1.54) is 0 Å². The van der Waals surface area contributed by atoms with Crippen LogP contribution in [-0.2, 0) is 14.4 Å². The quantitative estimate of drug-likeness (QED) is 0.419. The Hall–Kier alpha value is -2.58. The fraction of sp³-hybridized carbons (Fsp3) is 0.581. The van der Waals surface area contributed by atoms with Gasteiger partial charge in [0.1, 0.15) is 6.04 Å². The predicted molar refractivity (Wildman–Crippen MR) is 157 cm³/mol. The molecule has 39 heavy (non-hydrogen) atoms. The summed E-state index contributed by atoms with van der Waals surface area (Å²) in [7, 11) is 0. The van der Waals surface area contributed by atoms with Crippen molar-refractivity contribution >= 4 is 35.2 Å². The zero-order valence-corrected chi connectivity index (χ0v) is 24.6. The summed E-state index contributed by atoms with van der Waals surface area (Å²) in [6.07, 6.45) is 4.17. The second kappa shape index (κ2) is 11.5. The van der Waals surface area contributed by atoms with Gasteiger partial charge in [-0.05, 0) is 44.2 Å². The summed E-state index contributed by atoms with van der Waals surface area (Å²) in [5, 5.41) is 10.4. The van der Waals surface area contributed by atoms with Gasteiger partial charge in [0.25, 0.3) is 0 Å². The van der Waals surface area contributed by atoms with Crippen LogP contribution in [0.1, 0.15) is 41.0 Å². The second-order valence-electron chi connectivity index (χ2n) is 11.7. The third-order valence-corrected chi connectivity index (χ3v) is 11.0. The molecule has 7 nitrogen and oxygen atoms in total. The van der Waals surface area contributed by atoms with Gasteiger partial charge in [-0.25, -0.2) is 0 Å². The molecule has 1 aromatic carbocycles. The van der Waals surface area contributed by atoms with E-state index in [0.29, 0.717) is 13.1 Å². The number of amides is 3. The SMILES string of the molecule is C=CCN(C(=O)[C@@H]1[C@H]2C(=O)N([C@@H](CO)C(C)C)C(C(=O)N(CC=C)C(C)C)C23S[C@@H]1CC3C)c1ccccc1. The first-order chi connectivity index (χ1) is 18.6. The van der Waals surface area contributed by atoms with Gasteiger partial charge in [0, 0.05) is 30.1 Å². The van der Waals surface area contributed by atoms with Crippen LogP contribution in [0.5, 0.6) is 0 Å². The summed E-state index contributed by atoms with van der Waals surface area (Å²) in [6, 6.07) is 8.11. The minimum Gasteiger partial charge on any atom is -0.394 e. The zero-order chi connectivity index (χ0) is 28.6. The first-order valence-corrected chi connectivity index (χ1v) is 14.9.